The minimum absolute atomic E-state index is 0.479. The Kier molecular flexibility index (Phi) is 8.37. The highest BCUT2D eigenvalue weighted by Crippen LogP contribution is 2.38. The third-order valence-electron chi connectivity index (χ3n) is 4.82. The van der Waals surface area contributed by atoms with Gasteiger partial charge in [0.25, 0.3) is 0 Å². The molecule has 0 fully saturated rings. The summed E-state index contributed by atoms with van der Waals surface area (Å²) < 4.78 is 0. The fourth-order valence-electron chi connectivity index (χ4n) is 3.25. The van der Waals surface area contributed by atoms with Crippen molar-refractivity contribution in [2.24, 2.45) is 0 Å². The summed E-state index contributed by atoms with van der Waals surface area (Å²) >= 11 is 9.80. The second kappa shape index (κ2) is 10.3. The maximum Gasteiger partial charge on any atom is 0.0451 e. The molecule has 0 bridgehead atoms. The number of nitrogens with zero attached hydrogens (tertiary/aromatic N) is 1. The van der Waals surface area contributed by atoms with Gasteiger partial charge in [0.05, 0.1) is 0 Å². The molecule has 2 aromatic rings. The zero-order valence-corrected chi connectivity index (χ0v) is 19.1. The van der Waals surface area contributed by atoms with Crippen molar-refractivity contribution < 1.29 is 0 Å². The van der Waals surface area contributed by atoms with Crippen LogP contribution in [0.15, 0.2) is 42.5 Å². The van der Waals surface area contributed by atoms with Crippen LogP contribution in [-0.4, -0.2) is 13.1 Å². The monoisotopic (exact) mass is 399 g/mol. The van der Waals surface area contributed by atoms with Crippen molar-refractivity contribution >= 4 is 40.8 Å². The summed E-state index contributed by atoms with van der Waals surface area (Å²) in [5.74, 6) is 0.479. The lowest BCUT2D eigenvalue weighted by Crippen LogP contribution is -2.25. The van der Waals surface area contributed by atoms with Crippen LogP contribution in [0.1, 0.15) is 68.7 Å². The van der Waals surface area contributed by atoms with E-state index in [9.17, 15) is 0 Å². The van der Waals surface area contributed by atoms with Crippen molar-refractivity contribution in [3.63, 3.8) is 0 Å². The highest BCUT2D eigenvalue weighted by Gasteiger charge is 2.16. The zero-order valence-electron chi connectivity index (χ0n) is 17.3. The number of aryl methyl sites for hydroxylation is 1. The minimum Gasteiger partial charge on any atom is -0.371 e. The fraction of sp³-hybridized carbons (Fsp3) is 0.417. The van der Waals surface area contributed by atoms with E-state index >= 15 is 0 Å². The van der Waals surface area contributed by atoms with Crippen molar-refractivity contribution in [2.75, 3.05) is 18.0 Å². The molecule has 0 spiro atoms. The second-order valence-corrected chi connectivity index (χ2v) is 8.38. The standard InChI is InChI=1S/C24H33NS2/c1-6-14-25(15-7-2)22-13-12-20(17(3)4)16-21(22)24(27)23(26)19-10-8-18(5)9-11-19/h8-13,16-17,26-27H,6-7,14-15H2,1-5H3/b24-23-. The van der Waals surface area contributed by atoms with Gasteiger partial charge in [0.15, 0.2) is 0 Å². The first kappa shape index (κ1) is 22.0. The van der Waals surface area contributed by atoms with Crippen LogP contribution < -0.4 is 4.90 Å². The van der Waals surface area contributed by atoms with Gasteiger partial charge in [-0.25, -0.2) is 0 Å². The average Bonchev–Trinajstić information content (AvgIpc) is 2.66. The van der Waals surface area contributed by atoms with Crippen molar-refractivity contribution in [3.8, 4) is 0 Å². The Labute approximate surface area is 176 Å². The van der Waals surface area contributed by atoms with E-state index in [1.807, 2.05) is 0 Å². The molecule has 0 aliphatic carbocycles. The minimum atomic E-state index is 0.479. The molecule has 0 atom stereocenters. The molecule has 0 amide bonds. The smallest absolute Gasteiger partial charge is 0.0451 e. The molecule has 0 radical (unpaired) electrons. The summed E-state index contributed by atoms with van der Waals surface area (Å²) in [6.07, 6.45) is 2.26. The molecule has 2 aromatic carbocycles. The summed E-state index contributed by atoms with van der Waals surface area (Å²) in [4.78, 5) is 4.34. The first-order valence-electron chi connectivity index (χ1n) is 9.97. The Hall–Kier alpha value is -1.32. The van der Waals surface area contributed by atoms with Crippen LogP contribution >= 0.6 is 25.3 Å². The third kappa shape index (κ3) is 5.58. The number of hydrogen-bond donors (Lipinski definition) is 2. The summed E-state index contributed by atoms with van der Waals surface area (Å²) in [5, 5.41) is 0. The highest BCUT2D eigenvalue weighted by atomic mass is 32.1. The lowest BCUT2D eigenvalue weighted by Gasteiger charge is -2.28. The quantitative estimate of drug-likeness (QED) is 0.345. The molecular weight excluding hydrogens is 366 g/mol. The molecule has 0 saturated heterocycles. The largest absolute Gasteiger partial charge is 0.371 e. The number of hydrogen-bond acceptors (Lipinski definition) is 3. The van der Waals surface area contributed by atoms with Gasteiger partial charge < -0.3 is 4.90 Å². The molecule has 0 unspecified atom stereocenters. The van der Waals surface area contributed by atoms with Crippen LogP contribution in [0.5, 0.6) is 0 Å². The van der Waals surface area contributed by atoms with Gasteiger partial charge in [-0.2, -0.15) is 0 Å². The molecule has 0 aliphatic rings. The maximum absolute atomic E-state index is 4.94. The predicted octanol–water partition coefficient (Wildman–Crippen LogP) is 7.43. The van der Waals surface area contributed by atoms with Crippen molar-refractivity contribution in [1.82, 2.24) is 0 Å². The van der Waals surface area contributed by atoms with E-state index in [2.05, 4.69) is 82.0 Å². The predicted molar refractivity (Wildman–Crippen MR) is 129 cm³/mol. The average molecular weight is 400 g/mol. The van der Waals surface area contributed by atoms with Crippen LogP contribution in [0.3, 0.4) is 0 Å². The summed E-state index contributed by atoms with van der Waals surface area (Å²) in [6.45, 7) is 13.1. The van der Waals surface area contributed by atoms with E-state index in [0.717, 1.165) is 41.3 Å². The van der Waals surface area contributed by atoms with Gasteiger partial charge in [-0.3, -0.25) is 0 Å². The molecular formula is C24H33NS2. The van der Waals surface area contributed by atoms with Gasteiger partial charge in [0, 0.05) is 34.2 Å². The second-order valence-electron chi connectivity index (χ2n) is 7.48. The van der Waals surface area contributed by atoms with E-state index in [0.29, 0.717) is 5.92 Å². The van der Waals surface area contributed by atoms with Gasteiger partial charge in [-0.05, 0) is 48.9 Å². The molecule has 0 aromatic heterocycles. The van der Waals surface area contributed by atoms with E-state index in [1.54, 1.807) is 0 Å². The Balaban J connectivity index is 2.61. The van der Waals surface area contributed by atoms with Gasteiger partial charge in [-0.15, -0.1) is 25.3 Å². The maximum atomic E-state index is 4.94. The molecule has 0 aliphatic heterocycles. The summed E-state index contributed by atoms with van der Waals surface area (Å²) in [6, 6.07) is 15.3. The van der Waals surface area contributed by atoms with Gasteiger partial charge in [0.2, 0.25) is 0 Å². The van der Waals surface area contributed by atoms with Crippen LogP contribution in [0.4, 0.5) is 5.69 Å². The third-order valence-corrected chi connectivity index (χ3v) is 5.94. The molecule has 146 valence electrons. The van der Waals surface area contributed by atoms with E-state index < -0.39 is 0 Å². The van der Waals surface area contributed by atoms with Crippen molar-refractivity contribution in [3.05, 3.63) is 64.7 Å². The van der Waals surface area contributed by atoms with Gasteiger partial charge in [-0.1, -0.05) is 63.6 Å². The Bertz CT molecular complexity index is 769. The number of benzene rings is 2. The normalized spacial score (nSPS) is 12.3. The van der Waals surface area contributed by atoms with Crippen molar-refractivity contribution in [2.45, 2.75) is 53.4 Å². The summed E-state index contributed by atoms with van der Waals surface area (Å²) in [7, 11) is 0. The van der Waals surface area contributed by atoms with Crippen LogP contribution in [0.2, 0.25) is 0 Å². The van der Waals surface area contributed by atoms with E-state index in [-0.39, 0.29) is 0 Å². The fourth-order valence-corrected chi connectivity index (χ4v) is 3.82. The van der Waals surface area contributed by atoms with Crippen LogP contribution in [-0.2, 0) is 0 Å². The van der Waals surface area contributed by atoms with E-state index in [1.165, 1.54) is 22.4 Å². The summed E-state index contributed by atoms with van der Waals surface area (Å²) in [5.41, 5.74) is 6.12. The van der Waals surface area contributed by atoms with Crippen LogP contribution in [0.25, 0.3) is 9.81 Å². The first-order chi connectivity index (χ1) is 12.9. The van der Waals surface area contributed by atoms with Gasteiger partial charge >= 0.3 is 0 Å². The molecule has 0 N–H and O–H groups in total. The van der Waals surface area contributed by atoms with Gasteiger partial charge in [0.1, 0.15) is 0 Å². The lowest BCUT2D eigenvalue weighted by molar-refractivity contribution is 0.743. The molecule has 3 heteroatoms. The zero-order chi connectivity index (χ0) is 20.0. The Morgan fingerprint density at radius 2 is 1.48 bits per heavy atom. The molecule has 0 heterocycles. The topological polar surface area (TPSA) is 3.24 Å². The lowest BCUT2D eigenvalue weighted by atomic mass is 9.98. The molecule has 0 saturated carbocycles. The molecule has 1 nitrogen and oxygen atoms in total. The van der Waals surface area contributed by atoms with Crippen molar-refractivity contribution in [1.29, 1.82) is 0 Å². The SMILES string of the molecule is CCCN(CCC)c1ccc(C(C)C)cc1/C(S)=C(/S)c1ccc(C)cc1. The molecule has 2 rings (SSSR count). The van der Waals surface area contributed by atoms with E-state index in [4.69, 9.17) is 25.3 Å². The first-order valence-corrected chi connectivity index (χ1v) is 10.9. The highest BCUT2D eigenvalue weighted by molar-refractivity contribution is 7.96. The molecule has 27 heavy (non-hydrogen) atoms. The number of anilines is 1. The number of rotatable bonds is 8. The Morgan fingerprint density at radius 1 is 0.889 bits per heavy atom. The van der Waals surface area contributed by atoms with Crippen LogP contribution in [0, 0.1) is 6.92 Å². The number of thiol groups is 2. The Morgan fingerprint density at radius 3 is 2.00 bits per heavy atom.